The number of anilines is 2. The van der Waals surface area contributed by atoms with Crippen LogP contribution in [0.4, 0.5) is 11.4 Å². The van der Waals surface area contributed by atoms with Gasteiger partial charge in [0.25, 0.3) is 0 Å². The maximum absolute atomic E-state index is 14.6. The fourth-order valence-electron chi connectivity index (χ4n) is 9.15. The lowest BCUT2D eigenvalue weighted by molar-refractivity contribution is -0.124. The van der Waals surface area contributed by atoms with E-state index in [1.54, 1.807) is 24.3 Å². The molecule has 0 unspecified atom stereocenters. The molecule has 6 heteroatoms. The highest BCUT2D eigenvalue weighted by Crippen LogP contribution is 2.52. The summed E-state index contributed by atoms with van der Waals surface area (Å²) in [5.41, 5.74) is 4.61. The molecule has 2 saturated heterocycles. The number of carbonyl (C=O) groups is 4. The maximum atomic E-state index is 14.6. The van der Waals surface area contributed by atoms with Crippen molar-refractivity contribution in [3.8, 4) is 0 Å². The minimum atomic E-state index is -0.615. The molecule has 254 valence electrons. The fourth-order valence-corrected chi connectivity index (χ4v) is 9.15. The Labute approximate surface area is 302 Å². The van der Waals surface area contributed by atoms with Gasteiger partial charge in [0, 0.05) is 23.7 Å². The zero-order valence-corrected chi connectivity index (χ0v) is 28.3. The summed E-state index contributed by atoms with van der Waals surface area (Å²) < 4.78 is 0. The summed E-state index contributed by atoms with van der Waals surface area (Å²) in [5, 5.41) is 0. The number of nitrogens with zero attached hydrogens (tertiary/aromatic N) is 2. The highest BCUT2D eigenvalue weighted by Gasteiger charge is 2.57. The van der Waals surface area contributed by atoms with Gasteiger partial charge in [-0.2, -0.15) is 0 Å². The first-order chi connectivity index (χ1) is 25.5. The number of hydrogen-bond acceptors (Lipinski definition) is 4. The summed E-state index contributed by atoms with van der Waals surface area (Å²) in [6, 6.07) is 46.2. The van der Waals surface area contributed by atoms with Gasteiger partial charge in [0.05, 0.1) is 35.0 Å². The number of imide groups is 2. The van der Waals surface area contributed by atoms with E-state index in [4.69, 9.17) is 0 Å². The summed E-state index contributed by atoms with van der Waals surface area (Å²) in [4.78, 5) is 60.9. The van der Waals surface area contributed by atoms with E-state index in [2.05, 4.69) is 24.3 Å². The second kappa shape index (κ2) is 12.9. The highest BCUT2D eigenvalue weighted by molar-refractivity contribution is 6.25. The largest absolute Gasteiger partial charge is 0.274 e. The lowest BCUT2D eigenvalue weighted by Gasteiger charge is -2.32. The maximum Gasteiger partial charge on any atom is 0.238 e. The standard InChI is InChI=1S/C46H36N2O4/c49-43-39-35(29-14-5-1-6-15-29)24-25-36(30-16-7-2-8-17-30)40(39)44(50)47(43)33-22-13-23-34(28-33)48-45(51)41-37(31-18-9-3-10-19-31)26-27-38(42(41)46(48)52)32-20-11-4-12-21-32/h1-28,35-42H/t35-,36-,37-,38+,39+,40+,41+,42-/m0/s1. The van der Waals surface area contributed by atoms with E-state index in [-0.39, 0.29) is 47.3 Å². The molecule has 0 radical (unpaired) electrons. The van der Waals surface area contributed by atoms with Gasteiger partial charge in [0.15, 0.2) is 0 Å². The Kier molecular flexibility index (Phi) is 7.88. The SMILES string of the molecule is O=C1[C@@H]2[C@H](C(=O)N1c1cccc(N3C(=O)[C@H]4[C@H](C3=O)[C@H](c3ccccc3)C=C[C@H]4c3ccccc3)c1)[C@H](c1ccccc1)C=C[C@@H]2c1ccccc1. The van der Waals surface area contributed by atoms with Crippen LogP contribution in [0.15, 0.2) is 170 Å². The molecule has 4 amide bonds. The number of allylic oxidation sites excluding steroid dienone is 4. The third-order valence-electron chi connectivity index (χ3n) is 11.5. The smallest absolute Gasteiger partial charge is 0.238 e. The van der Waals surface area contributed by atoms with Crippen LogP contribution in [0.25, 0.3) is 0 Å². The zero-order chi connectivity index (χ0) is 35.3. The second-order valence-corrected chi connectivity index (χ2v) is 14.2. The van der Waals surface area contributed by atoms with Crippen LogP contribution in [0, 0.1) is 23.7 Å². The fraction of sp³-hybridized carbons (Fsp3) is 0.174. The Bertz CT molecular complexity index is 1940. The number of hydrogen-bond donors (Lipinski definition) is 0. The van der Waals surface area contributed by atoms with Gasteiger partial charge < -0.3 is 0 Å². The third kappa shape index (κ3) is 5.09. The Hall–Kier alpha value is -6.14. The van der Waals surface area contributed by atoms with E-state index in [0.717, 1.165) is 22.3 Å². The van der Waals surface area contributed by atoms with Crippen LogP contribution in [0.1, 0.15) is 45.9 Å². The summed E-state index contributed by atoms with van der Waals surface area (Å²) in [5.74, 6) is -4.70. The monoisotopic (exact) mass is 680 g/mol. The number of fused-ring (bicyclic) bond motifs is 2. The molecule has 8 atom stereocenters. The molecule has 0 bridgehead atoms. The Balaban J connectivity index is 1.10. The molecule has 2 aliphatic carbocycles. The molecule has 0 spiro atoms. The van der Waals surface area contributed by atoms with Crippen molar-refractivity contribution in [2.75, 3.05) is 9.80 Å². The molecule has 5 aromatic carbocycles. The van der Waals surface area contributed by atoms with Crippen molar-refractivity contribution >= 4 is 35.0 Å². The van der Waals surface area contributed by atoms with Gasteiger partial charge in [-0.25, -0.2) is 9.80 Å². The van der Waals surface area contributed by atoms with E-state index >= 15 is 0 Å². The topological polar surface area (TPSA) is 74.8 Å². The van der Waals surface area contributed by atoms with Gasteiger partial charge in [-0.05, 0) is 40.5 Å². The van der Waals surface area contributed by atoms with Crippen LogP contribution in [0.2, 0.25) is 0 Å². The summed E-state index contributed by atoms with van der Waals surface area (Å²) in [6.45, 7) is 0. The van der Waals surface area contributed by atoms with Crippen molar-refractivity contribution in [2.24, 2.45) is 23.7 Å². The van der Waals surface area contributed by atoms with E-state index < -0.39 is 23.7 Å². The van der Waals surface area contributed by atoms with Gasteiger partial charge in [0.1, 0.15) is 0 Å². The predicted octanol–water partition coefficient (Wildman–Crippen LogP) is 8.17. The van der Waals surface area contributed by atoms with Crippen molar-refractivity contribution in [1.29, 1.82) is 0 Å². The van der Waals surface area contributed by atoms with Crippen molar-refractivity contribution in [3.63, 3.8) is 0 Å². The van der Waals surface area contributed by atoms with E-state index in [1.807, 2.05) is 121 Å². The average molecular weight is 681 g/mol. The zero-order valence-electron chi connectivity index (χ0n) is 28.3. The van der Waals surface area contributed by atoms with Crippen molar-refractivity contribution in [1.82, 2.24) is 0 Å². The minimum Gasteiger partial charge on any atom is -0.274 e. The predicted molar refractivity (Wildman–Crippen MR) is 200 cm³/mol. The molecule has 0 saturated carbocycles. The first kappa shape index (κ1) is 31.8. The number of rotatable bonds is 6. The van der Waals surface area contributed by atoms with Crippen LogP contribution >= 0.6 is 0 Å². The normalized spacial score (nSPS) is 27.9. The Morgan fingerprint density at radius 1 is 0.308 bits per heavy atom. The second-order valence-electron chi connectivity index (χ2n) is 14.2. The summed E-state index contributed by atoms with van der Waals surface area (Å²) in [7, 11) is 0. The number of carbonyl (C=O) groups excluding carboxylic acids is 4. The molecule has 0 N–H and O–H groups in total. The molecule has 6 nitrogen and oxygen atoms in total. The molecule has 2 heterocycles. The van der Waals surface area contributed by atoms with Gasteiger partial charge in [-0.1, -0.05) is 152 Å². The van der Waals surface area contributed by atoms with Gasteiger partial charge in [-0.3, -0.25) is 19.2 Å². The molecule has 2 aliphatic heterocycles. The number of amides is 4. The lowest BCUT2D eigenvalue weighted by Crippen LogP contribution is -2.33. The van der Waals surface area contributed by atoms with Crippen LogP contribution in [0.3, 0.4) is 0 Å². The molecule has 9 rings (SSSR count). The van der Waals surface area contributed by atoms with E-state index in [1.165, 1.54) is 9.80 Å². The molecule has 4 aliphatic rings. The lowest BCUT2D eigenvalue weighted by atomic mass is 9.68. The molecular weight excluding hydrogens is 645 g/mol. The van der Waals surface area contributed by atoms with Crippen LogP contribution in [-0.4, -0.2) is 23.6 Å². The van der Waals surface area contributed by atoms with Crippen LogP contribution in [-0.2, 0) is 19.2 Å². The minimum absolute atomic E-state index is 0.280. The molecule has 52 heavy (non-hydrogen) atoms. The molecular formula is C46H36N2O4. The van der Waals surface area contributed by atoms with Gasteiger partial charge in [0.2, 0.25) is 23.6 Å². The Morgan fingerprint density at radius 2 is 0.558 bits per heavy atom. The summed E-state index contributed by atoms with van der Waals surface area (Å²) in [6.07, 6.45) is 8.29. The molecule has 5 aromatic rings. The first-order valence-electron chi connectivity index (χ1n) is 17.9. The van der Waals surface area contributed by atoms with E-state index in [0.29, 0.717) is 11.4 Å². The van der Waals surface area contributed by atoms with Crippen LogP contribution in [0.5, 0.6) is 0 Å². The van der Waals surface area contributed by atoms with Crippen molar-refractivity contribution < 1.29 is 19.2 Å². The van der Waals surface area contributed by atoms with Crippen LogP contribution < -0.4 is 9.80 Å². The molecule has 2 fully saturated rings. The molecule has 0 aromatic heterocycles. The van der Waals surface area contributed by atoms with E-state index in [9.17, 15) is 19.2 Å². The number of benzene rings is 5. The van der Waals surface area contributed by atoms with Crippen molar-refractivity contribution in [2.45, 2.75) is 23.7 Å². The Morgan fingerprint density at radius 3 is 0.808 bits per heavy atom. The first-order valence-corrected chi connectivity index (χ1v) is 17.9. The van der Waals surface area contributed by atoms with Crippen molar-refractivity contribution in [3.05, 3.63) is 192 Å². The highest BCUT2D eigenvalue weighted by atomic mass is 16.2. The third-order valence-corrected chi connectivity index (χ3v) is 11.5. The van der Waals surface area contributed by atoms with Gasteiger partial charge >= 0.3 is 0 Å². The quantitative estimate of drug-likeness (QED) is 0.134. The van der Waals surface area contributed by atoms with Gasteiger partial charge in [-0.15, -0.1) is 0 Å². The average Bonchev–Trinajstić information content (AvgIpc) is 3.63. The summed E-state index contributed by atoms with van der Waals surface area (Å²) >= 11 is 0.